The first-order valence-electron chi connectivity index (χ1n) is 2.83. The smallest absolute Gasteiger partial charge is 0.127 e. The van der Waals surface area contributed by atoms with Gasteiger partial charge >= 0.3 is 0 Å². The monoisotopic (exact) mass is 218 g/mol. The Labute approximate surface area is 66.4 Å². The van der Waals surface area contributed by atoms with Gasteiger partial charge in [-0.3, -0.25) is 0 Å². The summed E-state index contributed by atoms with van der Waals surface area (Å²) in [5, 5.41) is 0. The summed E-state index contributed by atoms with van der Waals surface area (Å²) in [4.78, 5) is 0. The lowest BCUT2D eigenvalue weighted by Crippen LogP contribution is -2.10. The van der Waals surface area contributed by atoms with Crippen LogP contribution in [0.15, 0.2) is 0 Å². The fourth-order valence-corrected chi connectivity index (χ4v) is 1.41. The van der Waals surface area contributed by atoms with Gasteiger partial charge in [0.25, 0.3) is 10.2 Å². The van der Waals surface area contributed by atoms with Crippen LogP contribution in [0.2, 0.25) is 0 Å². The number of halogens is 6. The first-order valence-corrected chi connectivity index (χ1v) is 5.48. The molecule has 0 saturated heterocycles. The number of hydrogen-bond acceptors (Lipinski definition) is 0. The summed E-state index contributed by atoms with van der Waals surface area (Å²) in [5.74, 6) is -2.01. The second-order valence-corrected chi connectivity index (χ2v) is 5.27. The standard InChI is InChI=1S/C4H8ClF5S/c5-3-1-2-4-11(6,7,8,9)10/h1-4H2. The third-order valence-corrected chi connectivity index (χ3v) is 2.24. The van der Waals surface area contributed by atoms with Crippen LogP contribution in [0.5, 0.6) is 0 Å². The molecule has 0 aliphatic rings. The van der Waals surface area contributed by atoms with Crippen molar-refractivity contribution in [3.63, 3.8) is 0 Å². The Hall–Kier alpha value is 0.290. The Bertz CT molecular complexity index is 135. The Kier molecular flexibility index (Phi) is 2.45. The summed E-state index contributed by atoms with van der Waals surface area (Å²) in [5.41, 5.74) is 0. The van der Waals surface area contributed by atoms with E-state index < -0.39 is 22.4 Å². The molecular weight excluding hydrogens is 211 g/mol. The Morgan fingerprint density at radius 3 is 1.64 bits per heavy atom. The Morgan fingerprint density at radius 2 is 1.36 bits per heavy atom. The van der Waals surface area contributed by atoms with E-state index in [2.05, 4.69) is 0 Å². The second kappa shape index (κ2) is 2.39. The molecule has 0 N–H and O–H groups in total. The third kappa shape index (κ3) is 10.3. The molecule has 0 atom stereocenters. The lowest BCUT2D eigenvalue weighted by atomic mass is 10.4. The van der Waals surface area contributed by atoms with Crippen LogP contribution < -0.4 is 0 Å². The lowest BCUT2D eigenvalue weighted by Gasteiger charge is -2.40. The first kappa shape index (κ1) is 11.3. The fraction of sp³-hybridized carbons (Fsp3) is 1.00. The van der Waals surface area contributed by atoms with E-state index in [4.69, 9.17) is 11.6 Å². The van der Waals surface area contributed by atoms with E-state index in [1.807, 2.05) is 0 Å². The molecule has 11 heavy (non-hydrogen) atoms. The molecule has 0 saturated carbocycles. The van der Waals surface area contributed by atoms with Gasteiger partial charge in [-0.2, -0.15) is 0 Å². The third-order valence-electron chi connectivity index (χ3n) is 0.914. The van der Waals surface area contributed by atoms with Crippen molar-refractivity contribution in [1.82, 2.24) is 0 Å². The topological polar surface area (TPSA) is 0 Å². The van der Waals surface area contributed by atoms with Gasteiger partial charge in [0.15, 0.2) is 0 Å². The van der Waals surface area contributed by atoms with Crippen LogP contribution in [-0.2, 0) is 0 Å². The summed E-state index contributed by atoms with van der Waals surface area (Å²) in [6.07, 6.45) is -0.630. The van der Waals surface area contributed by atoms with Crippen molar-refractivity contribution in [2.75, 3.05) is 11.6 Å². The minimum absolute atomic E-state index is 0.0200. The lowest BCUT2D eigenvalue weighted by molar-refractivity contribution is 0.361. The van der Waals surface area contributed by atoms with E-state index in [0.29, 0.717) is 0 Å². The molecule has 0 bridgehead atoms. The fourth-order valence-electron chi connectivity index (χ4n) is 0.469. The molecule has 0 aliphatic carbocycles. The molecule has 0 nitrogen and oxygen atoms in total. The second-order valence-electron chi connectivity index (χ2n) is 2.23. The summed E-state index contributed by atoms with van der Waals surface area (Å²) >= 11 is 5.02. The number of hydrogen-bond donors (Lipinski definition) is 0. The molecule has 0 aliphatic heterocycles. The predicted molar refractivity (Wildman–Crippen MR) is 38.0 cm³/mol. The van der Waals surface area contributed by atoms with Crippen LogP contribution in [0, 0.1) is 0 Å². The first-order chi connectivity index (χ1) is 4.54. The molecule has 72 valence electrons. The van der Waals surface area contributed by atoms with E-state index >= 15 is 0 Å². The zero-order valence-corrected chi connectivity index (χ0v) is 7.08. The van der Waals surface area contributed by atoms with E-state index in [0.717, 1.165) is 0 Å². The molecular formula is C4H8ClF5S. The summed E-state index contributed by atoms with van der Waals surface area (Å²) < 4.78 is 57.5. The van der Waals surface area contributed by atoms with Crippen LogP contribution in [-0.4, -0.2) is 11.6 Å². The largest absolute Gasteiger partial charge is 0.285 e. The number of alkyl halides is 1. The normalized spacial score (nSPS) is 19.1. The van der Waals surface area contributed by atoms with Crippen molar-refractivity contribution in [3.05, 3.63) is 0 Å². The van der Waals surface area contributed by atoms with Gasteiger partial charge in [-0.1, -0.05) is 19.4 Å². The van der Waals surface area contributed by atoms with Crippen molar-refractivity contribution >= 4 is 21.8 Å². The maximum atomic E-state index is 11.5. The summed E-state index contributed by atoms with van der Waals surface area (Å²) in [6, 6.07) is 0. The Morgan fingerprint density at radius 1 is 0.909 bits per heavy atom. The van der Waals surface area contributed by atoms with E-state index in [-0.39, 0.29) is 12.3 Å². The molecule has 7 heteroatoms. The van der Waals surface area contributed by atoms with Gasteiger partial charge in [0.05, 0.1) is 5.75 Å². The van der Waals surface area contributed by atoms with Gasteiger partial charge in [0.2, 0.25) is 0 Å². The molecule has 0 aromatic heterocycles. The van der Waals surface area contributed by atoms with Gasteiger partial charge < -0.3 is 0 Å². The highest BCUT2D eigenvalue weighted by Crippen LogP contribution is 2.97. The summed E-state index contributed by atoms with van der Waals surface area (Å²) in [7, 11) is -9.13. The summed E-state index contributed by atoms with van der Waals surface area (Å²) in [6.45, 7) is 0. The van der Waals surface area contributed by atoms with Gasteiger partial charge in [-0.15, -0.1) is 11.6 Å². The van der Waals surface area contributed by atoms with Crippen LogP contribution in [0.3, 0.4) is 0 Å². The zero-order chi connectivity index (χ0) is 9.24. The molecule has 0 spiro atoms. The van der Waals surface area contributed by atoms with Crippen molar-refractivity contribution < 1.29 is 19.4 Å². The van der Waals surface area contributed by atoms with Crippen molar-refractivity contribution in [2.45, 2.75) is 12.8 Å². The molecule has 0 fully saturated rings. The molecule has 0 amide bonds. The highest BCUT2D eigenvalue weighted by molar-refractivity contribution is 8.45. The molecule has 0 radical (unpaired) electrons. The van der Waals surface area contributed by atoms with Crippen LogP contribution in [0.4, 0.5) is 19.4 Å². The van der Waals surface area contributed by atoms with Crippen molar-refractivity contribution in [1.29, 1.82) is 0 Å². The van der Waals surface area contributed by atoms with Crippen molar-refractivity contribution in [3.8, 4) is 0 Å². The van der Waals surface area contributed by atoms with E-state index in [9.17, 15) is 19.4 Å². The molecule has 0 aromatic rings. The quantitative estimate of drug-likeness (QED) is 0.375. The average molecular weight is 219 g/mol. The van der Waals surface area contributed by atoms with E-state index in [1.165, 1.54) is 0 Å². The number of unbranched alkanes of at least 4 members (excludes halogenated alkanes) is 1. The van der Waals surface area contributed by atoms with Crippen LogP contribution >= 0.6 is 21.8 Å². The SMILES string of the molecule is FS(F)(F)(F)(F)CCCCCl. The maximum absolute atomic E-state index is 11.5. The Balaban J connectivity index is 3.95. The van der Waals surface area contributed by atoms with E-state index in [1.54, 1.807) is 0 Å². The molecule has 0 heterocycles. The molecule has 0 rings (SSSR count). The maximum Gasteiger partial charge on any atom is 0.285 e. The minimum Gasteiger partial charge on any atom is -0.127 e. The van der Waals surface area contributed by atoms with Gasteiger partial charge in [-0.25, -0.2) is 0 Å². The average Bonchev–Trinajstić information content (AvgIpc) is 1.59. The van der Waals surface area contributed by atoms with Gasteiger partial charge in [0.1, 0.15) is 0 Å². The highest BCUT2D eigenvalue weighted by Gasteiger charge is 2.62. The zero-order valence-electron chi connectivity index (χ0n) is 5.50. The van der Waals surface area contributed by atoms with Crippen LogP contribution in [0.1, 0.15) is 12.8 Å². The van der Waals surface area contributed by atoms with Crippen molar-refractivity contribution in [2.24, 2.45) is 0 Å². The minimum atomic E-state index is -9.13. The number of rotatable bonds is 4. The molecule has 0 aromatic carbocycles. The molecule has 0 unspecified atom stereocenters. The predicted octanol–water partition coefficient (Wildman–Crippen LogP) is 4.30. The van der Waals surface area contributed by atoms with Gasteiger partial charge in [-0.05, 0) is 12.8 Å². The van der Waals surface area contributed by atoms with Gasteiger partial charge in [0, 0.05) is 5.88 Å². The highest BCUT2D eigenvalue weighted by atomic mass is 35.5. The van der Waals surface area contributed by atoms with Crippen LogP contribution in [0.25, 0.3) is 0 Å².